The van der Waals surface area contributed by atoms with E-state index in [1.54, 1.807) is 0 Å². The van der Waals surface area contributed by atoms with Gasteiger partial charge in [-0.25, -0.2) is 0 Å². The van der Waals surface area contributed by atoms with Crippen molar-refractivity contribution in [2.75, 3.05) is 7.11 Å². The third-order valence-corrected chi connectivity index (χ3v) is 22.7. The molecular weight excluding hydrogens is 467 g/mol. The van der Waals surface area contributed by atoms with E-state index >= 15 is 0 Å². The van der Waals surface area contributed by atoms with Crippen LogP contribution in [0.25, 0.3) is 0 Å². The van der Waals surface area contributed by atoms with Crippen molar-refractivity contribution in [2.24, 2.45) is 11.8 Å². The van der Waals surface area contributed by atoms with Gasteiger partial charge in [0, 0.05) is 0 Å². The quantitative estimate of drug-likeness (QED) is 0.221. The monoisotopic (exact) mass is 508 g/mol. The van der Waals surface area contributed by atoms with Crippen molar-refractivity contribution >= 4 is 30.1 Å². The van der Waals surface area contributed by atoms with E-state index in [1.807, 2.05) is 24.3 Å². The molecule has 0 heterocycles. The predicted octanol–water partition coefficient (Wildman–Crippen LogP) is 6.68. The van der Waals surface area contributed by atoms with E-state index in [-0.39, 0.29) is 23.6 Å². The van der Waals surface area contributed by atoms with Crippen LogP contribution in [0.5, 0.6) is 0 Å². The molecule has 2 rings (SSSR count). The molecule has 0 amide bonds. The Kier molecular flexibility index (Phi) is 10.2. The molecule has 1 aromatic carbocycles. The van der Waals surface area contributed by atoms with E-state index in [0.717, 1.165) is 15.6 Å². The average molecular weight is 507 g/mol. The van der Waals surface area contributed by atoms with Crippen molar-refractivity contribution in [1.82, 2.24) is 0 Å². The Morgan fingerprint density at radius 2 is 1.59 bits per heavy atom. The van der Waals surface area contributed by atoms with Gasteiger partial charge in [0.25, 0.3) is 0 Å². The Balaban J connectivity index is 2.33. The molecule has 0 saturated carbocycles. The number of methoxy groups -OCH3 is 1. The SMILES string of the molecule is CCC[CH2][Sn]([CH2]CCC)([CH2]CCC)[CH2]C(C(=O)OC)C1Cc2ccccc2C1=O. The molecule has 1 aromatic rings. The number of ether oxygens (including phenoxy) is 1. The van der Waals surface area contributed by atoms with Crippen molar-refractivity contribution in [1.29, 1.82) is 0 Å². The second-order valence-corrected chi connectivity index (χ2v) is 23.0. The molecular formula is C25H40O3Sn. The molecule has 0 saturated heterocycles. The van der Waals surface area contributed by atoms with Crippen molar-refractivity contribution in [3.05, 3.63) is 35.4 Å². The van der Waals surface area contributed by atoms with Crippen LogP contribution in [0, 0.1) is 11.8 Å². The fourth-order valence-corrected chi connectivity index (χ4v) is 22.4. The predicted molar refractivity (Wildman–Crippen MR) is 123 cm³/mol. The van der Waals surface area contributed by atoms with Gasteiger partial charge < -0.3 is 0 Å². The van der Waals surface area contributed by atoms with Gasteiger partial charge in [-0.05, 0) is 0 Å². The molecule has 0 aromatic heterocycles. The number of ketones is 1. The zero-order chi connectivity index (χ0) is 21.3. The standard InChI is InChI=1S/C13H13O3.3C4H9.Sn/c1-8(13(15)16-2)11-7-9-5-3-4-6-10(9)12(11)14;3*1-3-4-2;/h3-6,8,11H,1,7H2,2H3;3*1,3-4H2,2H3;. The van der Waals surface area contributed by atoms with Gasteiger partial charge >= 0.3 is 182 Å². The van der Waals surface area contributed by atoms with Crippen LogP contribution < -0.4 is 0 Å². The van der Waals surface area contributed by atoms with Gasteiger partial charge in [-0.15, -0.1) is 0 Å². The number of unbranched alkanes of at least 4 members (excludes halogenated alkanes) is 3. The van der Waals surface area contributed by atoms with E-state index < -0.39 is 18.4 Å². The molecule has 0 fully saturated rings. The number of hydrogen-bond donors (Lipinski definition) is 0. The second-order valence-electron chi connectivity index (χ2n) is 8.98. The van der Waals surface area contributed by atoms with Crippen LogP contribution >= 0.6 is 0 Å². The molecule has 4 heteroatoms. The summed E-state index contributed by atoms with van der Waals surface area (Å²) >= 11 is -2.57. The number of carbonyl (C=O) groups is 2. The summed E-state index contributed by atoms with van der Waals surface area (Å²) in [6, 6.07) is 7.89. The van der Waals surface area contributed by atoms with Crippen LogP contribution in [0.4, 0.5) is 0 Å². The van der Waals surface area contributed by atoms with Crippen LogP contribution in [0.3, 0.4) is 0 Å². The fourth-order valence-electron chi connectivity index (χ4n) is 5.14. The number of rotatable bonds is 13. The molecule has 1 aliphatic rings. The first-order chi connectivity index (χ1) is 14.0. The van der Waals surface area contributed by atoms with Crippen LogP contribution in [0.1, 0.15) is 75.2 Å². The molecule has 1 aliphatic carbocycles. The first kappa shape index (κ1) is 24.4. The molecule has 2 unspecified atom stereocenters. The third-order valence-electron chi connectivity index (χ3n) is 6.88. The Morgan fingerprint density at radius 1 is 1.03 bits per heavy atom. The molecule has 0 N–H and O–H groups in total. The van der Waals surface area contributed by atoms with Crippen molar-refractivity contribution in [2.45, 2.75) is 83.5 Å². The topological polar surface area (TPSA) is 43.4 Å². The van der Waals surface area contributed by atoms with Gasteiger partial charge in [-0.1, -0.05) is 0 Å². The molecule has 0 spiro atoms. The maximum absolute atomic E-state index is 13.2. The third kappa shape index (κ3) is 6.32. The van der Waals surface area contributed by atoms with Crippen LogP contribution in [-0.4, -0.2) is 37.2 Å². The number of benzene rings is 1. The average Bonchev–Trinajstić information content (AvgIpc) is 3.08. The van der Waals surface area contributed by atoms with Gasteiger partial charge in [0.15, 0.2) is 0 Å². The Morgan fingerprint density at radius 3 is 2.07 bits per heavy atom. The summed E-state index contributed by atoms with van der Waals surface area (Å²) in [7, 11) is 1.49. The van der Waals surface area contributed by atoms with Crippen LogP contribution in [0.15, 0.2) is 24.3 Å². The van der Waals surface area contributed by atoms with Gasteiger partial charge in [-0.2, -0.15) is 0 Å². The van der Waals surface area contributed by atoms with Gasteiger partial charge in [0.2, 0.25) is 0 Å². The number of carbonyl (C=O) groups excluding carboxylic acids is 2. The molecule has 3 nitrogen and oxygen atoms in total. The van der Waals surface area contributed by atoms with Gasteiger partial charge in [-0.3, -0.25) is 0 Å². The van der Waals surface area contributed by atoms with E-state index in [2.05, 4.69) is 20.8 Å². The molecule has 2 atom stereocenters. The van der Waals surface area contributed by atoms with Crippen LogP contribution in [0.2, 0.25) is 17.7 Å². The minimum atomic E-state index is -2.57. The zero-order valence-electron chi connectivity index (χ0n) is 19.0. The first-order valence-corrected chi connectivity index (χ1v) is 19.8. The van der Waals surface area contributed by atoms with E-state index in [1.165, 1.54) is 58.9 Å². The summed E-state index contributed by atoms with van der Waals surface area (Å²) in [5.74, 6) is -0.457. The zero-order valence-corrected chi connectivity index (χ0v) is 21.8. The Labute approximate surface area is 181 Å². The number of esters is 1. The van der Waals surface area contributed by atoms with Crippen molar-refractivity contribution < 1.29 is 14.3 Å². The van der Waals surface area contributed by atoms with E-state index in [0.29, 0.717) is 6.42 Å². The summed E-state index contributed by atoms with van der Waals surface area (Å²) in [4.78, 5) is 26.2. The maximum atomic E-state index is 13.2. The summed E-state index contributed by atoms with van der Waals surface area (Å²) in [5.41, 5.74) is 1.93. The fraction of sp³-hybridized carbons (Fsp3) is 0.680. The van der Waals surface area contributed by atoms with Gasteiger partial charge in [0.1, 0.15) is 0 Å². The van der Waals surface area contributed by atoms with Gasteiger partial charge in [0.05, 0.1) is 0 Å². The minimum absolute atomic E-state index is 0.151. The molecule has 162 valence electrons. The summed E-state index contributed by atoms with van der Waals surface area (Å²) < 4.78 is 10.3. The van der Waals surface area contributed by atoms with E-state index in [4.69, 9.17) is 4.74 Å². The summed E-state index contributed by atoms with van der Waals surface area (Å²) in [6.45, 7) is 6.81. The molecule has 0 bridgehead atoms. The number of fused-ring (bicyclic) bond motifs is 1. The molecule has 0 radical (unpaired) electrons. The first-order valence-electron chi connectivity index (χ1n) is 11.7. The Hall–Kier alpha value is -0.841. The summed E-state index contributed by atoms with van der Waals surface area (Å²) in [6.07, 6.45) is 8.17. The van der Waals surface area contributed by atoms with Crippen molar-refractivity contribution in [3.63, 3.8) is 0 Å². The van der Waals surface area contributed by atoms with Crippen LogP contribution in [-0.2, 0) is 16.0 Å². The van der Waals surface area contributed by atoms with Crippen molar-refractivity contribution in [3.8, 4) is 0 Å². The number of Topliss-reactive ketones (excluding diaryl/α,β-unsaturated/α-hetero) is 1. The Bertz CT molecular complexity index is 648. The normalized spacial score (nSPS) is 17.2. The van der Waals surface area contributed by atoms with E-state index in [9.17, 15) is 9.59 Å². The number of hydrogen-bond acceptors (Lipinski definition) is 3. The molecule has 29 heavy (non-hydrogen) atoms. The molecule has 0 aliphatic heterocycles. The second kappa shape index (κ2) is 12.1. The summed E-state index contributed by atoms with van der Waals surface area (Å²) in [5, 5.41) is 0.